The first-order valence-corrected chi connectivity index (χ1v) is 12.1. The number of carbonyl (C=O) groups excluding carboxylic acids is 4. The Morgan fingerprint density at radius 2 is 1.89 bits per heavy atom. The molecule has 1 aliphatic carbocycles. The van der Waals surface area contributed by atoms with Crippen molar-refractivity contribution < 1.29 is 24.3 Å². The number of likely N-dealkylation sites (N-methyl/N-ethyl adjacent to an activating group) is 1. The summed E-state index contributed by atoms with van der Waals surface area (Å²) in [6.45, 7) is 4.05. The van der Waals surface area contributed by atoms with Crippen molar-refractivity contribution in [3.8, 4) is 0 Å². The van der Waals surface area contributed by atoms with Crippen molar-refractivity contribution in [2.75, 3.05) is 32.1 Å². The number of urea groups is 2. The fourth-order valence-electron chi connectivity index (χ4n) is 5.30. The first-order valence-electron chi connectivity index (χ1n) is 12.1. The van der Waals surface area contributed by atoms with Crippen molar-refractivity contribution in [2.24, 2.45) is 0 Å². The van der Waals surface area contributed by atoms with E-state index >= 15 is 0 Å². The lowest BCUT2D eigenvalue weighted by molar-refractivity contribution is -0.125. The van der Waals surface area contributed by atoms with Crippen molar-refractivity contribution in [3.63, 3.8) is 0 Å². The van der Waals surface area contributed by atoms with E-state index < -0.39 is 17.6 Å². The highest BCUT2D eigenvalue weighted by molar-refractivity contribution is 6.07. The number of likely N-dealkylation sites (tertiary alicyclic amines) is 1. The van der Waals surface area contributed by atoms with E-state index in [2.05, 4.69) is 17.2 Å². The number of carbonyl (C=O) groups is 4. The van der Waals surface area contributed by atoms with E-state index in [0.717, 1.165) is 22.3 Å². The second-order valence-corrected chi connectivity index (χ2v) is 9.84. The number of benzene rings is 2. The van der Waals surface area contributed by atoms with Gasteiger partial charge in [0, 0.05) is 38.7 Å². The summed E-state index contributed by atoms with van der Waals surface area (Å²) < 4.78 is 0. The zero-order chi connectivity index (χ0) is 26.3. The van der Waals surface area contributed by atoms with Crippen LogP contribution in [0.25, 0.3) is 0 Å². The third-order valence-electron chi connectivity index (χ3n) is 7.51. The average Bonchev–Trinajstić information content (AvgIpc) is 3.35. The largest absolute Gasteiger partial charge is 0.394 e. The number of anilines is 1. The Hall–Kier alpha value is -4.18. The van der Waals surface area contributed by atoms with Gasteiger partial charge in [-0.2, -0.15) is 0 Å². The van der Waals surface area contributed by atoms with Crippen LogP contribution in [-0.2, 0) is 29.0 Å². The summed E-state index contributed by atoms with van der Waals surface area (Å²) in [5, 5.41) is 14.9. The summed E-state index contributed by atoms with van der Waals surface area (Å²) in [6, 6.07) is 13.6. The van der Waals surface area contributed by atoms with Crippen LogP contribution in [0.4, 0.5) is 15.3 Å². The molecule has 1 unspecified atom stereocenters. The minimum atomic E-state index is -0.939. The zero-order valence-electron chi connectivity index (χ0n) is 20.6. The Kier molecular flexibility index (Phi) is 6.20. The number of rotatable bonds is 6. The average molecular weight is 504 g/mol. The fraction of sp³-hybridized carbons (Fsp3) is 0.333. The van der Waals surface area contributed by atoms with Gasteiger partial charge in [-0.15, -0.1) is 0 Å². The van der Waals surface area contributed by atoms with Crippen molar-refractivity contribution in [1.82, 2.24) is 20.0 Å². The molecule has 10 nitrogen and oxygen atoms in total. The molecule has 2 aromatic carbocycles. The van der Waals surface area contributed by atoms with Gasteiger partial charge < -0.3 is 25.1 Å². The summed E-state index contributed by atoms with van der Waals surface area (Å²) in [5.74, 6) is -0.686. The third kappa shape index (κ3) is 4.33. The number of imide groups is 1. The molecule has 10 heteroatoms. The Morgan fingerprint density at radius 1 is 1.16 bits per heavy atom. The summed E-state index contributed by atoms with van der Waals surface area (Å²) >= 11 is 0. The topological polar surface area (TPSA) is 122 Å². The van der Waals surface area contributed by atoms with Crippen LogP contribution >= 0.6 is 0 Å². The monoisotopic (exact) mass is 503 g/mol. The van der Waals surface area contributed by atoms with Crippen LogP contribution in [0.2, 0.25) is 0 Å². The van der Waals surface area contributed by atoms with Gasteiger partial charge in [0.05, 0.1) is 12.6 Å². The van der Waals surface area contributed by atoms with Crippen molar-refractivity contribution in [2.45, 2.75) is 31.0 Å². The molecular weight excluding hydrogens is 474 g/mol. The predicted molar refractivity (Wildman–Crippen MR) is 135 cm³/mol. The summed E-state index contributed by atoms with van der Waals surface area (Å²) in [6.07, 6.45) is 0.775. The Labute approximate surface area is 214 Å². The van der Waals surface area contributed by atoms with Crippen LogP contribution in [-0.4, -0.2) is 82.0 Å². The van der Waals surface area contributed by atoms with Crippen LogP contribution in [0.15, 0.2) is 60.7 Å². The molecule has 2 aliphatic heterocycles. The molecule has 3 aliphatic rings. The van der Waals surface area contributed by atoms with E-state index in [9.17, 15) is 24.3 Å². The van der Waals surface area contributed by atoms with Crippen molar-refractivity contribution in [3.05, 3.63) is 77.4 Å². The highest BCUT2D eigenvalue weighted by Crippen LogP contribution is 2.38. The van der Waals surface area contributed by atoms with Crippen molar-refractivity contribution in [1.29, 1.82) is 0 Å². The Balaban J connectivity index is 1.29. The van der Waals surface area contributed by atoms with Gasteiger partial charge in [0.2, 0.25) is 5.91 Å². The van der Waals surface area contributed by atoms with Gasteiger partial charge >= 0.3 is 12.1 Å². The number of aliphatic hydroxyl groups excluding tert-OH is 1. The van der Waals surface area contributed by atoms with Gasteiger partial charge in [0.1, 0.15) is 12.1 Å². The van der Waals surface area contributed by atoms with Crippen LogP contribution < -0.4 is 10.6 Å². The molecule has 2 heterocycles. The minimum Gasteiger partial charge on any atom is -0.394 e. The molecule has 2 atom stereocenters. The highest BCUT2D eigenvalue weighted by atomic mass is 16.3. The van der Waals surface area contributed by atoms with E-state index in [-0.39, 0.29) is 37.5 Å². The van der Waals surface area contributed by atoms with Crippen LogP contribution in [0.1, 0.15) is 16.7 Å². The first-order chi connectivity index (χ1) is 17.7. The van der Waals surface area contributed by atoms with E-state index in [1.54, 1.807) is 13.1 Å². The number of fused-ring (bicyclic) bond motifs is 1. The van der Waals surface area contributed by atoms with Gasteiger partial charge in [-0.3, -0.25) is 14.9 Å². The van der Waals surface area contributed by atoms with Gasteiger partial charge in [-0.25, -0.2) is 9.59 Å². The molecule has 2 saturated heterocycles. The zero-order valence-corrected chi connectivity index (χ0v) is 20.6. The van der Waals surface area contributed by atoms with E-state index in [1.165, 1.54) is 14.7 Å². The molecule has 192 valence electrons. The molecule has 0 radical (unpaired) electrons. The summed E-state index contributed by atoms with van der Waals surface area (Å²) in [5.41, 5.74) is 3.09. The normalized spacial score (nSPS) is 22.1. The number of aliphatic hydroxyl groups is 1. The third-order valence-corrected chi connectivity index (χ3v) is 7.51. The van der Waals surface area contributed by atoms with Crippen molar-refractivity contribution >= 4 is 29.6 Å². The molecule has 0 bridgehead atoms. The Bertz CT molecular complexity index is 1300. The van der Waals surface area contributed by atoms with Gasteiger partial charge in [-0.05, 0) is 34.4 Å². The maximum atomic E-state index is 13.3. The maximum absolute atomic E-state index is 13.3. The fourth-order valence-corrected chi connectivity index (χ4v) is 5.30. The summed E-state index contributed by atoms with van der Waals surface area (Å²) in [7, 11) is 1.61. The molecular formula is C27H29N5O5. The smallest absolute Gasteiger partial charge is 0.324 e. The molecule has 2 fully saturated rings. The Morgan fingerprint density at radius 3 is 2.54 bits per heavy atom. The van der Waals surface area contributed by atoms with Crippen LogP contribution in [0.3, 0.4) is 0 Å². The molecule has 0 aromatic heterocycles. The van der Waals surface area contributed by atoms with E-state index in [1.807, 2.05) is 42.5 Å². The molecule has 3 N–H and O–H groups in total. The van der Waals surface area contributed by atoms with E-state index in [0.29, 0.717) is 25.1 Å². The molecule has 2 aromatic rings. The summed E-state index contributed by atoms with van der Waals surface area (Å²) in [4.78, 5) is 55.3. The quantitative estimate of drug-likeness (QED) is 0.407. The minimum absolute atomic E-state index is 0.185. The van der Waals surface area contributed by atoms with Gasteiger partial charge in [0.15, 0.2) is 0 Å². The maximum Gasteiger partial charge on any atom is 0.324 e. The molecule has 0 saturated carbocycles. The highest BCUT2D eigenvalue weighted by Gasteiger charge is 2.54. The van der Waals surface area contributed by atoms with Crippen LogP contribution in [0, 0.1) is 0 Å². The SMILES string of the molecule is C=C1CN(C(=O)N(CC(=O)Nc2ccc3c(c2)C[C@@]2(C3)C(=O)NC(=O)N2C)Cc2ccccc2)C1CO. The van der Waals surface area contributed by atoms with E-state index in [4.69, 9.17) is 0 Å². The number of hydrogen-bond acceptors (Lipinski definition) is 5. The van der Waals surface area contributed by atoms with Crippen LogP contribution in [0.5, 0.6) is 0 Å². The molecule has 1 spiro atoms. The van der Waals surface area contributed by atoms with Gasteiger partial charge in [-0.1, -0.05) is 43.0 Å². The number of hydrogen-bond donors (Lipinski definition) is 3. The number of nitrogens with zero attached hydrogens (tertiary/aromatic N) is 3. The van der Waals surface area contributed by atoms with Gasteiger partial charge in [0.25, 0.3) is 5.91 Å². The number of nitrogens with one attached hydrogen (secondary N) is 2. The standard InChI is InChI=1S/C27H29N5O5/c1-17-13-32(22(17)16-33)26(37)31(14-18-6-4-3-5-7-18)15-23(34)28-21-9-8-19-11-27(12-20(19)10-21)24(35)29-25(36)30(27)2/h3-10,22,33H,1,11-16H2,2H3,(H,28,34)(H,29,35,36)/t22?,27-/m0/s1. The predicted octanol–water partition coefficient (Wildman–Crippen LogP) is 1.50. The lowest BCUT2D eigenvalue weighted by Gasteiger charge is -2.44. The lowest BCUT2D eigenvalue weighted by atomic mass is 9.95. The molecule has 6 amide bonds. The second kappa shape index (κ2) is 9.36. The molecule has 37 heavy (non-hydrogen) atoms. The molecule has 5 rings (SSSR count). The lowest BCUT2D eigenvalue weighted by Crippen LogP contribution is -2.59. The second-order valence-electron chi connectivity index (χ2n) is 9.84. The number of amides is 6. The first kappa shape index (κ1) is 24.5.